The van der Waals surface area contributed by atoms with Gasteiger partial charge in [0.05, 0.1) is 49.3 Å². The van der Waals surface area contributed by atoms with Crippen LogP contribution in [0.4, 0.5) is 0 Å². The van der Waals surface area contributed by atoms with Crippen LogP contribution in [0, 0.1) is 53.8 Å². The molecule has 0 radical (unpaired) electrons. The first-order valence-corrected chi connectivity index (χ1v) is 17.7. The van der Waals surface area contributed by atoms with Crippen LogP contribution in [0.5, 0.6) is 0 Å². The summed E-state index contributed by atoms with van der Waals surface area (Å²) >= 11 is 0. The molecular weight excluding hydrogens is 503 g/mol. The maximum atomic E-state index is 4.26. The van der Waals surface area contributed by atoms with Crippen molar-refractivity contribution >= 4 is 0 Å². The van der Waals surface area contributed by atoms with Crippen LogP contribution in [0.2, 0.25) is 0 Å². The van der Waals surface area contributed by atoms with E-state index in [4.69, 9.17) is 0 Å². The Balaban J connectivity index is 0.00000256. The molecule has 16 unspecified atom stereocenters. The molecule has 0 spiro atoms. The maximum absolute atomic E-state index is 4.26. The van der Waals surface area contributed by atoms with E-state index in [0.29, 0.717) is 61.2 Å². The van der Waals surface area contributed by atoms with Crippen LogP contribution in [0.3, 0.4) is 0 Å². The summed E-state index contributed by atoms with van der Waals surface area (Å²) in [6.45, 7) is 0. The van der Waals surface area contributed by atoms with E-state index >= 15 is 0 Å². The quantitative estimate of drug-likeness (QED) is 0.148. The van der Waals surface area contributed by atoms with E-state index < -0.39 is 0 Å². The average molecular weight is 559 g/mol. The minimum absolute atomic E-state index is 0. The van der Waals surface area contributed by atoms with Gasteiger partial charge in [0.25, 0.3) is 0 Å². The van der Waals surface area contributed by atoms with Gasteiger partial charge >= 0.3 is 18.9 Å². The van der Waals surface area contributed by atoms with Crippen molar-refractivity contribution in [2.24, 2.45) is 47.3 Å². The van der Waals surface area contributed by atoms with Crippen LogP contribution in [0.15, 0.2) is 0 Å². The van der Waals surface area contributed by atoms with Gasteiger partial charge in [0.15, 0.2) is 0 Å². The van der Waals surface area contributed by atoms with Gasteiger partial charge in [-0.3, -0.25) is 42.5 Å². The van der Waals surface area contributed by atoms with E-state index in [9.17, 15) is 0 Å². The number of fused-ring (bicyclic) bond motifs is 20. The molecule has 8 bridgehead atoms. The molecule has 9 heteroatoms. The number of rotatable bonds is 0. The summed E-state index contributed by atoms with van der Waals surface area (Å²) in [6, 6.07) is 0. The zero-order valence-corrected chi connectivity index (χ0v) is 25.4. The minimum atomic E-state index is 0. The molecule has 5 heterocycles. The average Bonchev–Trinajstić information content (AvgIpc) is 3.73. The minimum Gasteiger partial charge on any atom is -0.328 e. The zero-order valence-electron chi connectivity index (χ0n) is 25.4. The molecule has 0 aromatic heterocycles. The fourth-order valence-electron chi connectivity index (χ4n) is 11.8. The van der Waals surface area contributed by atoms with E-state index in [0.717, 1.165) is 35.5 Å². The molecule has 5 aliphatic heterocycles. The van der Waals surface area contributed by atoms with Gasteiger partial charge in [0.2, 0.25) is 0 Å². The third kappa shape index (κ3) is 5.03. The van der Waals surface area contributed by atoms with Gasteiger partial charge < -0.3 is 6.42 Å². The van der Waals surface area contributed by atoms with Gasteiger partial charge in [-0.05, 0) is 85.9 Å². The predicted octanol–water partition coefficient (Wildman–Crippen LogP) is -0.576. The van der Waals surface area contributed by atoms with E-state index in [2.05, 4.69) is 49.0 Å². The topological polar surface area (TPSA) is 96.2 Å². The van der Waals surface area contributed by atoms with Crippen molar-refractivity contribution < 1.29 is 18.9 Å². The predicted molar refractivity (Wildman–Crippen MR) is 157 cm³/mol. The Hall–Kier alpha value is 0.277. The molecule has 4 aliphatic carbocycles. The monoisotopic (exact) mass is 558 g/mol. The van der Waals surface area contributed by atoms with Gasteiger partial charge in [-0.2, -0.15) is 12.8 Å². The Kier molecular flexibility index (Phi) is 8.33. The van der Waals surface area contributed by atoms with Crippen LogP contribution >= 0.6 is 0 Å². The number of nitrogens with one attached hydrogen (secondary N) is 8. The van der Waals surface area contributed by atoms with E-state index in [-0.39, 0.29) is 18.9 Å². The molecule has 4 saturated carbocycles. The molecular formula is C32H55LiN8. The first-order valence-electron chi connectivity index (χ1n) is 17.7. The molecule has 0 aromatic carbocycles. The molecule has 8 nitrogen and oxygen atoms in total. The molecule has 9 rings (SSSR count). The smallest absolute Gasteiger partial charge is 0.328 e. The van der Waals surface area contributed by atoms with Gasteiger partial charge in [-0.15, -0.1) is 0 Å². The van der Waals surface area contributed by atoms with Crippen molar-refractivity contribution in [3.63, 3.8) is 0 Å². The second-order valence-electron chi connectivity index (χ2n) is 15.4. The Bertz CT molecular complexity index is 716. The van der Waals surface area contributed by atoms with Crippen molar-refractivity contribution in [3.8, 4) is 0 Å². The summed E-state index contributed by atoms with van der Waals surface area (Å²) in [5, 5.41) is 33.7. The fraction of sp³-hybridized carbons (Fsp3) is 0.969. The van der Waals surface area contributed by atoms with Crippen LogP contribution in [0.1, 0.15) is 96.3 Å². The molecule has 0 aromatic rings. The van der Waals surface area contributed by atoms with E-state index in [1.54, 1.807) is 0 Å². The van der Waals surface area contributed by atoms with Crippen LogP contribution in [-0.2, 0) is 0 Å². The van der Waals surface area contributed by atoms with Crippen LogP contribution in [0.25, 0.3) is 0 Å². The van der Waals surface area contributed by atoms with Crippen molar-refractivity contribution in [3.05, 3.63) is 6.42 Å². The van der Waals surface area contributed by atoms with Gasteiger partial charge in [-0.25, -0.2) is 0 Å². The standard InChI is InChI=1S/C32H55N8.Li/c1-2-10-18-17(9-1)25-33-26(18)38-28-21-13-5-6-14-22(21)30(35-28)40-32-24-16-8-7-15-23(24)31(36-32)39-29-20-12-4-3-11-19(20)27(34-29)37-25;/h1,17-40H,2-16H2;/q-1;+1. The van der Waals surface area contributed by atoms with Crippen molar-refractivity contribution in [1.82, 2.24) is 42.5 Å². The summed E-state index contributed by atoms with van der Waals surface area (Å²) in [5.74, 6) is 5.84. The summed E-state index contributed by atoms with van der Waals surface area (Å²) in [6.07, 6.45) is 26.3. The molecule has 5 saturated heterocycles. The summed E-state index contributed by atoms with van der Waals surface area (Å²) in [7, 11) is 0. The summed E-state index contributed by atoms with van der Waals surface area (Å²) in [5.41, 5.74) is 0. The first-order chi connectivity index (χ1) is 19.8. The van der Waals surface area contributed by atoms with Gasteiger partial charge in [-0.1, -0.05) is 44.9 Å². The third-order valence-electron chi connectivity index (χ3n) is 13.6. The summed E-state index contributed by atoms with van der Waals surface area (Å²) < 4.78 is 0. The first kappa shape index (κ1) is 28.7. The van der Waals surface area contributed by atoms with Gasteiger partial charge in [0.1, 0.15) is 0 Å². The molecule has 41 heavy (non-hydrogen) atoms. The van der Waals surface area contributed by atoms with Crippen molar-refractivity contribution in [2.75, 3.05) is 0 Å². The number of hydrogen-bond acceptors (Lipinski definition) is 8. The molecule has 224 valence electrons. The van der Waals surface area contributed by atoms with Crippen LogP contribution < -0.4 is 61.4 Å². The molecule has 8 N–H and O–H groups in total. The zero-order chi connectivity index (χ0) is 26.2. The number of hydrogen-bond donors (Lipinski definition) is 8. The van der Waals surface area contributed by atoms with Crippen molar-refractivity contribution in [1.29, 1.82) is 0 Å². The Morgan fingerprint density at radius 3 is 0.854 bits per heavy atom. The maximum Gasteiger partial charge on any atom is 1.00 e. The third-order valence-corrected chi connectivity index (χ3v) is 13.6. The van der Waals surface area contributed by atoms with E-state index in [1.165, 1.54) is 96.3 Å². The molecule has 9 aliphatic rings. The van der Waals surface area contributed by atoms with E-state index in [1.807, 2.05) is 0 Å². The molecule has 16 atom stereocenters. The SMILES string of the molecule is [CH-]1CCC2C3NC(NC4NC(NC5NC(NC6NC(N3)C3CCCCC63)C3CCCCC53)C3CCCCC43)C2C1.[Li+]. The Morgan fingerprint density at radius 1 is 0.317 bits per heavy atom. The fourth-order valence-corrected chi connectivity index (χ4v) is 11.8. The van der Waals surface area contributed by atoms with Crippen molar-refractivity contribution in [2.45, 2.75) is 146 Å². The Labute approximate surface area is 260 Å². The largest absolute Gasteiger partial charge is 1.00 e. The normalized spacial score (nSPS) is 56.2. The second-order valence-corrected chi connectivity index (χ2v) is 15.4. The Morgan fingerprint density at radius 2 is 0.561 bits per heavy atom. The summed E-state index contributed by atoms with van der Waals surface area (Å²) in [4.78, 5) is 0. The van der Waals surface area contributed by atoms with Gasteiger partial charge in [0, 0.05) is 0 Å². The molecule has 9 fully saturated rings. The van der Waals surface area contributed by atoms with Crippen LogP contribution in [-0.4, -0.2) is 49.3 Å². The second kappa shape index (κ2) is 11.9. The molecule has 0 amide bonds.